The molecular formula is C14H30N4O. The molecule has 0 radical (unpaired) electrons. The summed E-state index contributed by atoms with van der Waals surface area (Å²) in [5.74, 6) is 0.969. The number of nitrogens with zero attached hydrogens (tertiary/aromatic N) is 2. The van der Waals surface area contributed by atoms with Crippen LogP contribution in [0.3, 0.4) is 0 Å². The molecule has 0 rings (SSSR count). The van der Waals surface area contributed by atoms with Crippen LogP contribution >= 0.6 is 0 Å². The second kappa shape index (κ2) is 11.8. The van der Waals surface area contributed by atoms with E-state index in [1.165, 1.54) is 6.42 Å². The zero-order valence-corrected chi connectivity index (χ0v) is 13.0. The van der Waals surface area contributed by atoms with Crippen LogP contribution in [-0.4, -0.2) is 50.0 Å². The first kappa shape index (κ1) is 17.7. The van der Waals surface area contributed by atoms with Crippen LogP contribution in [0.25, 0.3) is 0 Å². The third kappa shape index (κ3) is 9.33. The Morgan fingerprint density at radius 2 is 1.89 bits per heavy atom. The standard InChI is InChI=1S/C14H30N4O/c1-5-8-12-18(4)14(15-7-3)17-11-9-13(19)16-10-6-2/h5-12H2,1-4H3,(H,15,17)(H,16,19). The van der Waals surface area contributed by atoms with E-state index >= 15 is 0 Å². The van der Waals surface area contributed by atoms with Gasteiger partial charge in [-0.25, -0.2) is 0 Å². The molecule has 0 saturated heterocycles. The average Bonchev–Trinajstić information content (AvgIpc) is 2.41. The Hall–Kier alpha value is -1.26. The predicted octanol–water partition coefficient (Wildman–Crippen LogP) is 1.60. The van der Waals surface area contributed by atoms with E-state index in [1.807, 2.05) is 14.0 Å². The Bertz CT molecular complexity index is 266. The SMILES string of the molecule is CCCCN(C)C(=NCCC(=O)NCCC)NCC. The molecule has 5 nitrogen and oxygen atoms in total. The molecule has 0 aliphatic heterocycles. The maximum Gasteiger partial charge on any atom is 0.221 e. The summed E-state index contributed by atoms with van der Waals surface area (Å²) < 4.78 is 0. The number of aliphatic imine (C=N–C) groups is 1. The highest BCUT2D eigenvalue weighted by Crippen LogP contribution is 1.94. The van der Waals surface area contributed by atoms with Crippen LogP contribution in [0, 0.1) is 0 Å². The molecular weight excluding hydrogens is 240 g/mol. The normalized spacial score (nSPS) is 11.3. The molecule has 0 spiro atoms. The summed E-state index contributed by atoms with van der Waals surface area (Å²) in [7, 11) is 2.04. The van der Waals surface area contributed by atoms with E-state index < -0.39 is 0 Å². The van der Waals surface area contributed by atoms with Crippen molar-refractivity contribution in [1.29, 1.82) is 0 Å². The molecule has 0 atom stereocenters. The Labute approximate surface area is 117 Å². The highest BCUT2D eigenvalue weighted by atomic mass is 16.1. The van der Waals surface area contributed by atoms with E-state index in [0.29, 0.717) is 13.0 Å². The van der Waals surface area contributed by atoms with Crippen molar-refractivity contribution >= 4 is 11.9 Å². The smallest absolute Gasteiger partial charge is 0.221 e. The van der Waals surface area contributed by atoms with Crippen LogP contribution in [0.4, 0.5) is 0 Å². The molecule has 0 aliphatic carbocycles. The molecule has 0 fully saturated rings. The fourth-order valence-corrected chi connectivity index (χ4v) is 1.59. The van der Waals surface area contributed by atoms with Gasteiger partial charge >= 0.3 is 0 Å². The number of guanidine groups is 1. The second-order valence-corrected chi connectivity index (χ2v) is 4.61. The molecule has 5 heteroatoms. The number of hydrogen-bond donors (Lipinski definition) is 2. The molecule has 112 valence electrons. The van der Waals surface area contributed by atoms with Gasteiger partial charge in [-0.05, 0) is 19.8 Å². The number of carbonyl (C=O) groups is 1. The first-order chi connectivity index (χ1) is 9.15. The molecule has 0 aromatic heterocycles. The Balaban J connectivity index is 4.14. The molecule has 1 amide bonds. The van der Waals surface area contributed by atoms with Gasteiger partial charge in [0, 0.05) is 33.1 Å². The van der Waals surface area contributed by atoms with Gasteiger partial charge in [0.15, 0.2) is 5.96 Å². The number of nitrogens with one attached hydrogen (secondary N) is 2. The summed E-state index contributed by atoms with van der Waals surface area (Å²) >= 11 is 0. The van der Waals surface area contributed by atoms with Gasteiger partial charge < -0.3 is 15.5 Å². The maximum absolute atomic E-state index is 11.5. The predicted molar refractivity (Wildman–Crippen MR) is 81.4 cm³/mol. The Kier molecular flexibility index (Phi) is 11.0. The second-order valence-electron chi connectivity index (χ2n) is 4.61. The van der Waals surface area contributed by atoms with Crippen molar-refractivity contribution in [3.63, 3.8) is 0 Å². The monoisotopic (exact) mass is 270 g/mol. The molecule has 0 heterocycles. The lowest BCUT2D eigenvalue weighted by Crippen LogP contribution is -2.39. The van der Waals surface area contributed by atoms with Gasteiger partial charge in [-0.2, -0.15) is 0 Å². The van der Waals surface area contributed by atoms with Crippen molar-refractivity contribution in [2.75, 3.05) is 33.2 Å². The van der Waals surface area contributed by atoms with E-state index in [-0.39, 0.29) is 5.91 Å². The van der Waals surface area contributed by atoms with Crippen molar-refractivity contribution in [1.82, 2.24) is 15.5 Å². The van der Waals surface area contributed by atoms with Gasteiger partial charge in [0.1, 0.15) is 0 Å². The zero-order chi connectivity index (χ0) is 14.5. The van der Waals surface area contributed by atoms with E-state index in [9.17, 15) is 4.79 Å². The van der Waals surface area contributed by atoms with Gasteiger partial charge in [-0.1, -0.05) is 20.3 Å². The molecule has 0 unspecified atom stereocenters. The number of carbonyl (C=O) groups excluding carboxylic acids is 1. The number of unbranched alkanes of at least 4 members (excludes halogenated alkanes) is 1. The van der Waals surface area contributed by atoms with E-state index in [0.717, 1.165) is 38.4 Å². The Morgan fingerprint density at radius 3 is 2.47 bits per heavy atom. The molecule has 0 aromatic carbocycles. The van der Waals surface area contributed by atoms with Crippen LogP contribution in [0.5, 0.6) is 0 Å². The minimum Gasteiger partial charge on any atom is -0.357 e. The molecule has 19 heavy (non-hydrogen) atoms. The summed E-state index contributed by atoms with van der Waals surface area (Å²) in [6.45, 7) is 9.40. The topological polar surface area (TPSA) is 56.7 Å². The van der Waals surface area contributed by atoms with Gasteiger partial charge in [0.05, 0.1) is 6.54 Å². The molecule has 0 saturated carbocycles. The number of rotatable bonds is 9. The third-order valence-electron chi connectivity index (χ3n) is 2.72. The van der Waals surface area contributed by atoms with Crippen LogP contribution in [0.2, 0.25) is 0 Å². The van der Waals surface area contributed by atoms with Crippen molar-refractivity contribution in [2.24, 2.45) is 4.99 Å². The highest BCUT2D eigenvalue weighted by Gasteiger charge is 2.05. The molecule has 0 aliphatic rings. The molecule has 0 bridgehead atoms. The van der Waals surface area contributed by atoms with Crippen molar-refractivity contribution < 1.29 is 4.79 Å². The van der Waals surface area contributed by atoms with Gasteiger partial charge in [0.2, 0.25) is 5.91 Å². The van der Waals surface area contributed by atoms with Crippen LogP contribution < -0.4 is 10.6 Å². The zero-order valence-electron chi connectivity index (χ0n) is 13.0. The van der Waals surface area contributed by atoms with E-state index in [2.05, 4.69) is 34.4 Å². The van der Waals surface area contributed by atoms with Crippen LogP contribution in [0.15, 0.2) is 4.99 Å². The fourth-order valence-electron chi connectivity index (χ4n) is 1.59. The summed E-state index contributed by atoms with van der Waals surface area (Å²) in [5.41, 5.74) is 0. The van der Waals surface area contributed by atoms with Gasteiger partial charge in [0.25, 0.3) is 0 Å². The van der Waals surface area contributed by atoms with Crippen molar-refractivity contribution in [3.8, 4) is 0 Å². The molecule has 0 aromatic rings. The van der Waals surface area contributed by atoms with Crippen LogP contribution in [0.1, 0.15) is 46.5 Å². The summed E-state index contributed by atoms with van der Waals surface area (Å²) in [5, 5.41) is 6.11. The van der Waals surface area contributed by atoms with Crippen LogP contribution in [-0.2, 0) is 4.79 Å². The number of amides is 1. The quantitative estimate of drug-likeness (QED) is 0.494. The lowest BCUT2D eigenvalue weighted by atomic mass is 10.3. The van der Waals surface area contributed by atoms with E-state index in [1.54, 1.807) is 0 Å². The fraction of sp³-hybridized carbons (Fsp3) is 0.857. The average molecular weight is 270 g/mol. The molecule has 2 N–H and O–H groups in total. The van der Waals surface area contributed by atoms with Crippen molar-refractivity contribution in [2.45, 2.75) is 46.5 Å². The first-order valence-corrected chi connectivity index (χ1v) is 7.41. The van der Waals surface area contributed by atoms with Crippen molar-refractivity contribution in [3.05, 3.63) is 0 Å². The first-order valence-electron chi connectivity index (χ1n) is 7.41. The number of hydrogen-bond acceptors (Lipinski definition) is 2. The lowest BCUT2D eigenvalue weighted by Gasteiger charge is -2.21. The highest BCUT2D eigenvalue weighted by molar-refractivity contribution is 5.80. The Morgan fingerprint density at radius 1 is 1.16 bits per heavy atom. The lowest BCUT2D eigenvalue weighted by molar-refractivity contribution is -0.120. The van der Waals surface area contributed by atoms with E-state index in [4.69, 9.17) is 0 Å². The largest absolute Gasteiger partial charge is 0.357 e. The minimum atomic E-state index is 0.0812. The summed E-state index contributed by atoms with van der Waals surface area (Å²) in [6, 6.07) is 0. The summed E-state index contributed by atoms with van der Waals surface area (Å²) in [4.78, 5) is 18.1. The van der Waals surface area contributed by atoms with Gasteiger partial charge in [-0.3, -0.25) is 9.79 Å². The summed E-state index contributed by atoms with van der Waals surface area (Å²) in [6.07, 6.45) is 3.75. The van der Waals surface area contributed by atoms with Gasteiger partial charge in [-0.15, -0.1) is 0 Å². The maximum atomic E-state index is 11.5. The third-order valence-corrected chi connectivity index (χ3v) is 2.72. The minimum absolute atomic E-state index is 0.0812.